The van der Waals surface area contributed by atoms with Gasteiger partial charge in [0.25, 0.3) is 0 Å². The molecule has 2 aromatic carbocycles. The van der Waals surface area contributed by atoms with Crippen molar-refractivity contribution in [2.24, 2.45) is 0 Å². The van der Waals surface area contributed by atoms with Crippen molar-refractivity contribution in [1.29, 1.82) is 0 Å². The van der Waals surface area contributed by atoms with E-state index in [4.69, 9.17) is 9.84 Å². The van der Waals surface area contributed by atoms with Crippen LogP contribution in [-0.4, -0.2) is 29.1 Å². The van der Waals surface area contributed by atoms with Gasteiger partial charge in [0.1, 0.15) is 11.6 Å². The maximum Gasteiger partial charge on any atom is 0.335 e. The Labute approximate surface area is 157 Å². The van der Waals surface area contributed by atoms with Crippen LogP contribution in [-0.2, 0) is 0 Å². The third kappa shape index (κ3) is 4.59. The molecule has 0 aliphatic carbocycles. The summed E-state index contributed by atoms with van der Waals surface area (Å²) in [5.74, 6) is -1.02. The van der Waals surface area contributed by atoms with Gasteiger partial charge in [0.05, 0.1) is 11.8 Å². The maximum atomic E-state index is 13.3. The third-order valence-electron chi connectivity index (χ3n) is 3.52. The summed E-state index contributed by atoms with van der Waals surface area (Å²) in [6, 6.07) is 11.1. The standard InChI is InChI=1S/C18H14FN3O4S/c1-22(13-4-2-3-12(19)9-13)18(25)21-17-20-10-15(27-17)26-14-7-5-11(6-8-14)16(23)24/h2-10H,1H3,(H,23,24)(H,20,21,25). The molecule has 0 atom stereocenters. The number of halogens is 1. The van der Waals surface area contributed by atoms with E-state index in [9.17, 15) is 14.0 Å². The Balaban J connectivity index is 1.63. The molecule has 3 rings (SSSR count). The molecule has 9 heteroatoms. The van der Waals surface area contributed by atoms with E-state index in [0.717, 1.165) is 11.3 Å². The number of hydrogen-bond acceptors (Lipinski definition) is 5. The summed E-state index contributed by atoms with van der Waals surface area (Å²) < 4.78 is 18.9. The molecule has 2 amide bonds. The first-order chi connectivity index (χ1) is 12.9. The number of hydrogen-bond donors (Lipinski definition) is 2. The largest absolute Gasteiger partial charge is 0.478 e. The molecular weight excluding hydrogens is 373 g/mol. The summed E-state index contributed by atoms with van der Waals surface area (Å²) >= 11 is 1.10. The number of carbonyl (C=O) groups excluding carboxylic acids is 1. The fraction of sp³-hybridized carbons (Fsp3) is 0.0556. The average molecular weight is 387 g/mol. The Morgan fingerprint density at radius 1 is 1.22 bits per heavy atom. The first kappa shape index (κ1) is 18.3. The normalized spacial score (nSPS) is 10.3. The van der Waals surface area contributed by atoms with E-state index in [1.165, 1.54) is 60.6 Å². The molecule has 0 saturated carbocycles. The minimum Gasteiger partial charge on any atom is -0.478 e. The minimum absolute atomic E-state index is 0.153. The second kappa shape index (κ2) is 7.83. The predicted molar refractivity (Wildman–Crippen MR) is 99.4 cm³/mol. The number of aromatic nitrogens is 1. The lowest BCUT2D eigenvalue weighted by Gasteiger charge is -2.16. The number of ether oxygens (including phenoxy) is 1. The van der Waals surface area contributed by atoms with Gasteiger partial charge < -0.3 is 9.84 Å². The number of benzene rings is 2. The van der Waals surface area contributed by atoms with Gasteiger partial charge in [-0.05, 0) is 42.5 Å². The minimum atomic E-state index is -1.02. The lowest BCUT2D eigenvalue weighted by molar-refractivity contribution is 0.0697. The monoisotopic (exact) mass is 387 g/mol. The molecule has 0 radical (unpaired) electrons. The van der Waals surface area contributed by atoms with E-state index in [1.807, 2.05) is 0 Å². The van der Waals surface area contributed by atoms with Gasteiger partial charge in [-0.3, -0.25) is 10.2 Å². The zero-order valence-corrected chi connectivity index (χ0v) is 14.9. The summed E-state index contributed by atoms with van der Waals surface area (Å²) in [5, 5.41) is 12.2. The van der Waals surface area contributed by atoms with Gasteiger partial charge in [-0.25, -0.2) is 19.0 Å². The number of carboxylic acids is 1. The Bertz CT molecular complexity index is 975. The molecule has 0 fully saturated rings. The first-order valence-electron chi connectivity index (χ1n) is 7.69. The van der Waals surface area contributed by atoms with Crippen LogP contribution >= 0.6 is 11.3 Å². The van der Waals surface area contributed by atoms with Gasteiger partial charge in [0, 0.05) is 12.7 Å². The van der Waals surface area contributed by atoms with E-state index >= 15 is 0 Å². The van der Waals surface area contributed by atoms with E-state index in [1.54, 1.807) is 6.07 Å². The Kier molecular flexibility index (Phi) is 5.32. The molecule has 0 aliphatic heterocycles. The zero-order chi connectivity index (χ0) is 19.4. The SMILES string of the molecule is CN(C(=O)Nc1ncc(Oc2ccc(C(=O)O)cc2)s1)c1cccc(F)c1. The molecule has 1 aromatic heterocycles. The van der Waals surface area contributed by atoms with Crippen molar-refractivity contribution in [3.05, 3.63) is 66.1 Å². The number of amides is 2. The van der Waals surface area contributed by atoms with E-state index in [0.29, 0.717) is 21.6 Å². The maximum absolute atomic E-state index is 13.3. The number of urea groups is 1. The van der Waals surface area contributed by atoms with Gasteiger partial charge in [-0.15, -0.1) is 0 Å². The highest BCUT2D eigenvalue weighted by Gasteiger charge is 2.14. The lowest BCUT2D eigenvalue weighted by atomic mass is 10.2. The van der Waals surface area contributed by atoms with Crippen molar-refractivity contribution in [3.8, 4) is 10.8 Å². The Morgan fingerprint density at radius 2 is 1.96 bits per heavy atom. The van der Waals surface area contributed by atoms with Crippen LogP contribution in [0.1, 0.15) is 10.4 Å². The topological polar surface area (TPSA) is 91.8 Å². The van der Waals surface area contributed by atoms with Crippen LogP contribution in [0.3, 0.4) is 0 Å². The molecule has 0 saturated heterocycles. The molecule has 0 bridgehead atoms. The lowest BCUT2D eigenvalue weighted by Crippen LogP contribution is -2.31. The fourth-order valence-corrected chi connectivity index (χ4v) is 2.80. The van der Waals surface area contributed by atoms with E-state index < -0.39 is 17.8 Å². The van der Waals surface area contributed by atoms with Gasteiger partial charge >= 0.3 is 12.0 Å². The number of rotatable bonds is 5. The number of aromatic carboxylic acids is 1. The molecule has 0 spiro atoms. The van der Waals surface area contributed by atoms with E-state index in [-0.39, 0.29) is 5.56 Å². The van der Waals surface area contributed by atoms with Gasteiger partial charge in [-0.2, -0.15) is 0 Å². The Hall–Kier alpha value is -3.46. The molecule has 2 N–H and O–H groups in total. The van der Waals surface area contributed by atoms with Crippen molar-refractivity contribution in [1.82, 2.24) is 4.98 Å². The second-order valence-electron chi connectivity index (χ2n) is 5.39. The van der Waals surface area contributed by atoms with E-state index in [2.05, 4.69) is 10.3 Å². The number of anilines is 2. The van der Waals surface area contributed by atoms with Crippen molar-refractivity contribution in [3.63, 3.8) is 0 Å². The zero-order valence-electron chi connectivity index (χ0n) is 14.0. The molecular formula is C18H14FN3O4S. The molecule has 7 nitrogen and oxygen atoms in total. The molecule has 27 heavy (non-hydrogen) atoms. The van der Waals surface area contributed by atoms with Crippen LogP contribution in [0.4, 0.5) is 20.0 Å². The number of carboxylic acid groups (broad SMARTS) is 1. The smallest absolute Gasteiger partial charge is 0.335 e. The van der Waals surface area contributed by atoms with Crippen molar-refractivity contribution >= 4 is 34.2 Å². The third-order valence-corrected chi connectivity index (χ3v) is 4.31. The van der Waals surface area contributed by atoms with Crippen LogP contribution in [0.5, 0.6) is 10.8 Å². The summed E-state index contributed by atoms with van der Waals surface area (Å²) in [6.07, 6.45) is 1.44. The molecule has 3 aromatic rings. The summed E-state index contributed by atoms with van der Waals surface area (Å²) in [5.41, 5.74) is 0.555. The molecule has 0 unspecified atom stereocenters. The highest BCUT2D eigenvalue weighted by atomic mass is 32.1. The van der Waals surface area contributed by atoms with Crippen LogP contribution in [0.2, 0.25) is 0 Å². The number of thiazole rings is 1. The van der Waals surface area contributed by atoms with Gasteiger partial charge in [0.2, 0.25) is 5.06 Å². The summed E-state index contributed by atoms with van der Waals surface area (Å²) in [6.45, 7) is 0. The van der Waals surface area contributed by atoms with Crippen LogP contribution in [0, 0.1) is 5.82 Å². The first-order valence-corrected chi connectivity index (χ1v) is 8.51. The van der Waals surface area contributed by atoms with Crippen LogP contribution in [0.25, 0.3) is 0 Å². The summed E-state index contributed by atoms with van der Waals surface area (Å²) in [4.78, 5) is 28.4. The second-order valence-corrected chi connectivity index (χ2v) is 6.38. The van der Waals surface area contributed by atoms with Crippen molar-refractivity contribution < 1.29 is 23.8 Å². The van der Waals surface area contributed by atoms with Gasteiger partial charge in [0.15, 0.2) is 5.13 Å². The Morgan fingerprint density at radius 3 is 2.63 bits per heavy atom. The van der Waals surface area contributed by atoms with Gasteiger partial charge in [-0.1, -0.05) is 17.4 Å². The fourth-order valence-electron chi connectivity index (χ4n) is 2.12. The highest BCUT2D eigenvalue weighted by molar-refractivity contribution is 7.17. The highest BCUT2D eigenvalue weighted by Crippen LogP contribution is 2.30. The summed E-state index contributed by atoms with van der Waals surface area (Å²) in [7, 11) is 1.51. The van der Waals surface area contributed by atoms with Crippen molar-refractivity contribution in [2.75, 3.05) is 17.3 Å². The quantitative estimate of drug-likeness (QED) is 0.675. The number of nitrogens with zero attached hydrogens (tertiary/aromatic N) is 2. The number of nitrogens with one attached hydrogen (secondary N) is 1. The average Bonchev–Trinajstić information content (AvgIpc) is 3.08. The molecule has 1 heterocycles. The van der Waals surface area contributed by atoms with Crippen LogP contribution < -0.4 is 15.0 Å². The number of carbonyl (C=O) groups is 2. The molecule has 138 valence electrons. The predicted octanol–water partition coefficient (Wildman–Crippen LogP) is 4.44. The van der Waals surface area contributed by atoms with Crippen molar-refractivity contribution in [2.45, 2.75) is 0 Å². The van der Waals surface area contributed by atoms with Crippen LogP contribution in [0.15, 0.2) is 54.7 Å². The molecule has 0 aliphatic rings.